The zero-order chi connectivity index (χ0) is 25.3. The van der Waals surface area contributed by atoms with Crippen molar-refractivity contribution in [2.75, 3.05) is 35.9 Å². The van der Waals surface area contributed by atoms with Gasteiger partial charge >= 0.3 is 0 Å². The molecule has 0 saturated heterocycles. The molecule has 184 valence electrons. The van der Waals surface area contributed by atoms with Gasteiger partial charge in [-0.3, -0.25) is 9.10 Å². The number of para-hydroxylation sites is 1. The average Bonchev–Trinajstić information content (AvgIpc) is 2.89. The quantitative estimate of drug-likeness (QED) is 0.323. The fourth-order valence-electron chi connectivity index (χ4n) is 3.49. The van der Waals surface area contributed by atoms with Gasteiger partial charge in [-0.15, -0.1) is 0 Å². The Labute approximate surface area is 206 Å². The normalized spacial score (nSPS) is 11.3. The Morgan fingerprint density at radius 2 is 1.54 bits per heavy atom. The Morgan fingerprint density at radius 1 is 0.914 bits per heavy atom. The number of ether oxygens (including phenoxy) is 1. The molecule has 3 aromatic carbocycles. The summed E-state index contributed by atoms with van der Waals surface area (Å²) >= 11 is 0. The van der Waals surface area contributed by atoms with E-state index in [1.165, 1.54) is 25.5 Å². The van der Waals surface area contributed by atoms with Crippen molar-refractivity contribution in [3.8, 4) is 5.75 Å². The van der Waals surface area contributed by atoms with E-state index in [9.17, 15) is 13.2 Å². The van der Waals surface area contributed by atoms with Crippen LogP contribution in [-0.2, 0) is 14.8 Å². The van der Waals surface area contributed by atoms with Gasteiger partial charge in [-0.25, -0.2) is 13.8 Å². The number of methoxy groups -OCH3 is 1. The van der Waals surface area contributed by atoms with Crippen LogP contribution in [0.15, 0.2) is 88.9 Å². The number of rotatable bonds is 11. The minimum absolute atomic E-state index is 0.0479. The lowest BCUT2D eigenvalue weighted by Gasteiger charge is -2.23. The van der Waals surface area contributed by atoms with Crippen LogP contribution in [-0.4, -0.2) is 47.3 Å². The van der Waals surface area contributed by atoms with Crippen LogP contribution in [0.1, 0.15) is 19.4 Å². The number of nitrogens with one attached hydrogen (secondary N) is 1. The van der Waals surface area contributed by atoms with Gasteiger partial charge in [0.1, 0.15) is 12.3 Å². The van der Waals surface area contributed by atoms with Crippen LogP contribution >= 0.6 is 0 Å². The van der Waals surface area contributed by atoms with E-state index in [0.717, 1.165) is 28.6 Å². The van der Waals surface area contributed by atoms with Crippen LogP contribution in [0.5, 0.6) is 5.75 Å². The van der Waals surface area contributed by atoms with Crippen molar-refractivity contribution in [1.29, 1.82) is 0 Å². The second-order valence-corrected chi connectivity index (χ2v) is 9.44. The predicted octanol–water partition coefficient (Wildman–Crippen LogP) is 3.89. The monoisotopic (exact) mass is 494 g/mol. The highest BCUT2D eigenvalue weighted by Gasteiger charge is 2.27. The molecule has 8 nitrogen and oxygen atoms in total. The van der Waals surface area contributed by atoms with Crippen molar-refractivity contribution >= 4 is 33.5 Å². The van der Waals surface area contributed by atoms with Gasteiger partial charge in [-0.1, -0.05) is 30.3 Å². The van der Waals surface area contributed by atoms with Gasteiger partial charge in [0.15, 0.2) is 0 Å². The fourth-order valence-corrected chi connectivity index (χ4v) is 4.91. The zero-order valence-electron chi connectivity index (χ0n) is 20.1. The summed E-state index contributed by atoms with van der Waals surface area (Å²) in [5.41, 5.74) is 4.72. The van der Waals surface area contributed by atoms with E-state index in [-0.39, 0.29) is 4.90 Å². The molecule has 0 aliphatic rings. The number of sulfonamides is 1. The Kier molecular flexibility index (Phi) is 8.86. The van der Waals surface area contributed by atoms with Crippen molar-refractivity contribution in [1.82, 2.24) is 5.43 Å². The van der Waals surface area contributed by atoms with Gasteiger partial charge in [0.2, 0.25) is 0 Å². The van der Waals surface area contributed by atoms with Gasteiger partial charge in [-0.2, -0.15) is 5.10 Å². The van der Waals surface area contributed by atoms with E-state index >= 15 is 0 Å². The SMILES string of the molecule is CCN(CC)c1ccc(/C=N\NC(=O)CN(c2ccccc2)S(=O)(=O)c2ccc(OC)cc2)cc1. The molecule has 0 aliphatic carbocycles. The van der Waals surface area contributed by atoms with Gasteiger partial charge in [0, 0.05) is 18.8 Å². The Bertz CT molecular complexity index is 1220. The molecule has 35 heavy (non-hydrogen) atoms. The maximum Gasteiger partial charge on any atom is 0.264 e. The molecule has 9 heteroatoms. The van der Waals surface area contributed by atoms with E-state index in [0.29, 0.717) is 11.4 Å². The van der Waals surface area contributed by atoms with Crippen molar-refractivity contribution < 1.29 is 17.9 Å². The molecule has 0 heterocycles. The first-order chi connectivity index (χ1) is 16.9. The number of nitrogens with zero attached hydrogens (tertiary/aromatic N) is 3. The van der Waals surface area contributed by atoms with E-state index in [4.69, 9.17) is 4.74 Å². The number of hydrogen-bond donors (Lipinski definition) is 1. The number of carbonyl (C=O) groups excluding carboxylic acids is 1. The summed E-state index contributed by atoms with van der Waals surface area (Å²) in [5.74, 6) is -0.0330. The number of hydrazone groups is 1. The maximum absolute atomic E-state index is 13.4. The number of benzene rings is 3. The molecule has 1 amide bonds. The van der Waals surface area contributed by atoms with E-state index < -0.39 is 22.5 Å². The Hall–Kier alpha value is -3.85. The topological polar surface area (TPSA) is 91.3 Å². The first kappa shape index (κ1) is 25.8. The number of carbonyl (C=O) groups is 1. The smallest absolute Gasteiger partial charge is 0.264 e. The van der Waals surface area contributed by atoms with Crippen LogP contribution in [0.3, 0.4) is 0 Å². The summed E-state index contributed by atoms with van der Waals surface area (Å²) in [6, 6.07) is 22.3. The van der Waals surface area contributed by atoms with Gasteiger partial charge in [0.05, 0.1) is 23.9 Å². The van der Waals surface area contributed by atoms with E-state index in [1.54, 1.807) is 42.5 Å². The predicted molar refractivity (Wildman–Crippen MR) is 140 cm³/mol. The largest absolute Gasteiger partial charge is 0.497 e. The molecule has 0 aliphatic heterocycles. The molecule has 3 rings (SSSR count). The molecule has 0 saturated carbocycles. The third-order valence-corrected chi connectivity index (χ3v) is 7.19. The van der Waals surface area contributed by atoms with E-state index in [2.05, 4.69) is 29.3 Å². The molecule has 0 fully saturated rings. The molecule has 0 atom stereocenters. The van der Waals surface area contributed by atoms with Crippen molar-refractivity contribution in [2.24, 2.45) is 5.10 Å². The number of amides is 1. The molecular weight excluding hydrogens is 464 g/mol. The van der Waals surface area contributed by atoms with Crippen LogP contribution in [0.25, 0.3) is 0 Å². The van der Waals surface area contributed by atoms with Crippen molar-refractivity contribution in [2.45, 2.75) is 18.7 Å². The van der Waals surface area contributed by atoms with E-state index in [1.807, 2.05) is 24.3 Å². The highest BCUT2D eigenvalue weighted by atomic mass is 32.2. The summed E-state index contributed by atoms with van der Waals surface area (Å²) in [7, 11) is -2.51. The van der Waals surface area contributed by atoms with Gasteiger partial charge in [-0.05, 0) is 67.9 Å². The summed E-state index contributed by atoms with van der Waals surface area (Å²) in [5, 5.41) is 4.00. The van der Waals surface area contributed by atoms with Crippen molar-refractivity contribution in [3.63, 3.8) is 0 Å². The van der Waals surface area contributed by atoms with Crippen LogP contribution in [0, 0.1) is 0 Å². The summed E-state index contributed by atoms with van der Waals surface area (Å²) < 4.78 is 32.9. The molecule has 0 unspecified atom stereocenters. The lowest BCUT2D eigenvalue weighted by molar-refractivity contribution is -0.119. The molecular formula is C26H30N4O4S. The highest BCUT2D eigenvalue weighted by molar-refractivity contribution is 7.92. The Morgan fingerprint density at radius 3 is 2.11 bits per heavy atom. The molecule has 1 N–H and O–H groups in total. The third kappa shape index (κ3) is 6.60. The lowest BCUT2D eigenvalue weighted by atomic mass is 10.2. The van der Waals surface area contributed by atoms with Crippen molar-refractivity contribution in [3.05, 3.63) is 84.4 Å². The van der Waals surface area contributed by atoms with Gasteiger partial charge < -0.3 is 9.64 Å². The third-order valence-electron chi connectivity index (χ3n) is 5.40. The van der Waals surface area contributed by atoms with Crippen LogP contribution in [0.4, 0.5) is 11.4 Å². The first-order valence-corrected chi connectivity index (χ1v) is 12.7. The Balaban J connectivity index is 1.74. The average molecular weight is 495 g/mol. The maximum atomic E-state index is 13.4. The second kappa shape index (κ2) is 12.0. The standard InChI is InChI=1S/C26H30N4O4S/c1-4-29(5-2)22-13-11-21(12-14-22)19-27-28-26(31)20-30(23-9-7-6-8-10-23)35(32,33)25-17-15-24(34-3)16-18-25/h6-19H,4-5,20H2,1-3H3,(H,28,31)/b27-19-. The van der Waals surface area contributed by atoms with Crippen LogP contribution < -0.4 is 19.4 Å². The molecule has 0 aromatic heterocycles. The highest BCUT2D eigenvalue weighted by Crippen LogP contribution is 2.24. The minimum Gasteiger partial charge on any atom is -0.497 e. The molecule has 3 aromatic rings. The lowest BCUT2D eigenvalue weighted by Crippen LogP contribution is -2.39. The summed E-state index contributed by atoms with van der Waals surface area (Å²) in [6.07, 6.45) is 1.52. The number of anilines is 2. The van der Waals surface area contributed by atoms with Gasteiger partial charge in [0.25, 0.3) is 15.9 Å². The molecule has 0 spiro atoms. The minimum atomic E-state index is -4.01. The summed E-state index contributed by atoms with van der Waals surface area (Å²) in [4.78, 5) is 14.9. The first-order valence-electron chi connectivity index (χ1n) is 11.3. The fraction of sp³-hybridized carbons (Fsp3) is 0.231. The molecule has 0 radical (unpaired) electrons. The second-order valence-electron chi connectivity index (χ2n) is 7.58. The number of hydrogen-bond acceptors (Lipinski definition) is 6. The zero-order valence-corrected chi connectivity index (χ0v) is 20.9. The summed E-state index contributed by atoms with van der Waals surface area (Å²) in [6.45, 7) is 5.59. The van der Waals surface area contributed by atoms with Crippen LogP contribution in [0.2, 0.25) is 0 Å². The molecule has 0 bridgehead atoms.